The minimum Gasteiger partial charge on any atom is -0.356 e. The van der Waals surface area contributed by atoms with Gasteiger partial charge in [0.15, 0.2) is 0 Å². The maximum atomic E-state index is 4.53. The zero-order valence-electron chi connectivity index (χ0n) is 15.6. The number of hydrogen-bond donors (Lipinski definition) is 0. The number of hydrogen-bond acceptors (Lipinski definition) is 6. The van der Waals surface area contributed by atoms with Gasteiger partial charge in [0.1, 0.15) is 12.1 Å². The van der Waals surface area contributed by atoms with Gasteiger partial charge in [0.05, 0.1) is 17.6 Å². The van der Waals surface area contributed by atoms with Gasteiger partial charge < -0.3 is 4.90 Å². The van der Waals surface area contributed by atoms with Gasteiger partial charge in [0, 0.05) is 51.3 Å². The van der Waals surface area contributed by atoms with Crippen molar-refractivity contribution in [1.29, 1.82) is 0 Å². The Labute approximate surface area is 149 Å². The number of aryl methyl sites for hydroxylation is 1. The third-order valence-electron chi connectivity index (χ3n) is 5.50. The van der Waals surface area contributed by atoms with E-state index in [2.05, 4.69) is 56.9 Å². The van der Waals surface area contributed by atoms with Crippen LogP contribution in [0.15, 0.2) is 18.6 Å². The van der Waals surface area contributed by atoms with Crippen LogP contribution >= 0.6 is 0 Å². The van der Waals surface area contributed by atoms with Crippen molar-refractivity contribution < 1.29 is 0 Å². The standard InChI is InChI=1S/C18H27N7/c1-18(2,3)16-5-17(20-12-19-16)25-9-13-7-24(8-14(13)10-25)11-15-6-21-22-23(15)4/h5-6,12-14H,7-11H2,1-4H3. The molecule has 0 N–H and O–H groups in total. The molecule has 2 fully saturated rings. The van der Waals surface area contributed by atoms with E-state index in [1.165, 1.54) is 5.69 Å². The smallest absolute Gasteiger partial charge is 0.132 e. The van der Waals surface area contributed by atoms with Crippen LogP contribution in [0.5, 0.6) is 0 Å². The number of likely N-dealkylation sites (tertiary alicyclic amines) is 1. The van der Waals surface area contributed by atoms with Gasteiger partial charge in [-0.1, -0.05) is 26.0 Å². The van der Waals surface area contributed by atoms with Gasteiger partial charge in [-0.3, -0.25) is 9.58 Å². The molecular formula is C18H27N7. The van der Waals surface area contributed by atoms with Crippen LogP contribution in [0.4, 0.5) is 5.82 Å². The first-order valence-corrected chi connectivity index (χ1v) is 9.03. The summed E-state index contributed by atoms with van der Waals surface area (Å²) in [4.78, 5) is 14.0. The summed E-state index contributed by atoms with van der Waals surface area (Å²) in [5.74, 6) is 2.51. The van der Waals surface area contributed by atoms with E-state index >= 15 is 0 Å². The number of fused-ring (bicyclic) bond motifs is 1. The van der Waals surface area contributed by atoms with Crippen molar-refractivity contribution in [3.63, 3.8) is 0 Å². The Morgan fingerprint density at radius 3 is 2.40 bits per heavy atom. The molecular weight excluding hydrogens is 314 g/mol. The molecule has 7 nitrogen and oxygen atoms in total. The second-order valence-electron chi connectivity index (χ2n) is 8.48. The van der Waals surface area contributed by atoms with Crippen LogP contribution in [-0.2, 0) is 19.0 Å². The monoisotopic (exact) mass is 341 g/mol. The molecule has 134 valence electrons. The Kier molecular flexibility index (Phi) is 3.98. The minimum absolute atomic E-state index is 0.0568. The lowest BCUT2D eigenvalue weighted by molar-refractivity contribution is 0.300. The first-order chi connectivity index (χ1) is 11.9. The Hall–Kier alpha value is -2.02. The Morgan fingerprint density at radius 2 is 1.80 bits per heavy atom. The zero-order chi connectivity index (χ0) is 17.6. The van der Waals surface area contributed by atoms with Crippen LogP contribution < -0.4 is 4.90 Å². The van der Waals surface area contributed by atoms with E-state index in [4.69, 9.17) is 0 Å². The molecule has 25 heavy (non-hydrogen) atoms. The van der Waals surface area contributed by atoms with Crippen molar-refractivity contribution in [2.45, 2.75) is 32.7 Å². The fourth-order valence-corrected chi connectivity index (χ4v) is 4.02. The van der Waals surface area contributed by atoms with E-state index in [9.17, 15) is 0 Å². The highest BCUT2D eigenvalue weighted by molar-refractivity contribution is 5.42. The number of nitrogens with zero attached hydrogens (tertiary/aromatic N) is 7. The molecule has 0 radical (unpaired) electrons. The van der Waals surface area contributed by atoms with Crippen molar-refractivity contribution in [3.05, 3.63) is 30.0 Å². The second-order valence-corrected chi connectivity index (χ2v) is 8.48. The Morgan fingerprint density at radius 1 is 1.08 bits per heavy atom. The molecule has 0 saturated carbocycles. The molecule has 7 heteroatoms. The highest BCUT2D eigenvalue weighted by atomic mass is 15.4. The summed E-state index contributed by atoms with van der Waals surface area (Å²) in [5, 5.41) is 8.01. The predicted octanol–water partition coefficient (Wildman–Crippen LogP) is 1.47. The Bertz CT molecular complexity index is 734. The molecule has 2 aromatic heterocycles. The van der Waals surface area contributed by atoms with Gasteiger partial charge in [-0.25, -0.2) is 9.97 Å². The zero-order valence-corrected chi connectivity index (χ0v) is 15.6. The van der Waals surface area contributed by atoms with Crippen LogP contribution in [0.1, 0.15) is 32.2 Å². The van der Waals surface area contributed by atoms with E-state index in [-0.39, 0.29) is 5.41 Å². The van der Waals surface area contributed by atoms with Gasteiger partial charge in [0.2, 0.25) is 0 Å². The molecule has 2 aliphatic heterocycles. The molecule has 0 aliphatic carbocycles. The van der Waals surface area contributed by atoms with Gasteiger partial charge in [-0.2, -0.15) is 0 Å². The molecule has 2 saturated heterocycles. The topological polar surface area (TPSA) is 63.0 Å². The molecule has 0 amide bonds. The van der Waals surface area contributed by atoms with Gasteiger partial charge in [-0.15, -0.1) is 5.10 Å². The van der Waals surface area contributed by atoms with Crippen LogP contribution in [-0.4, -0.2) is 56.0 Å². The molecule has 4 heterocycles. The molecule has 0 spiro atoms. The number of rotatable bonds is 3. The lowest BCUT2D eigenvalue weighted by Gasteiger charge is -2.24. The maximum absolute atomic E-state index is 4.53. The van der Waals surface area contributed by atoms with Gasteiger partial charge >= 0.3 is 0 Å². The van der Waals surface area contributed by atoms with E-state index in [1.54, 1.807) is 6.33 Å². The summed E-state index contributed by atoms with van der Waals surface area (Å²) in [7, 11) is 1.96. The van der Waals surface area contributed by atoms with Crippen molar-refractivity contribution in [3.8, 4) is 0 Å². The van der Waals surface area contributed by atoms with Crippen LogP contribution in [0.3, 0.4) is 0 Å². The lowest BCUT2D eigenvalue weighted by Crippen LogP contribution is -2.30. The molecule has 2 atom stereocenters. The molecule has 0 bridgehead atoms. The van der Waals surface area contributed by atoms with Gasteiger partial charge in [-0.05, 0) is 11.8 Å². The highest BCUT2D eigenvalue weighted by Gasteiger charge is 2.40. The van der Waals surface area contributed by atoms with E-state index < -0.39 is 0 Å². The largest absolute Gasteiger partial charge is 0.356 e. The third-order valence-corrected chi connectivity index (χ3v) is 5.50. The number of aromatic nitrogens is 5. The highest BCUT2D eigenvalue weighted by Crippen LogP contribution is 2.34. The van der Waals surface area contributed by atoms with Crippen LogP contribution in [0.25, 0.3) is 0 Å². The van der Waals surface area contributed by atoms with Crippen molar-refractivity contribution in [2.24, 2.45) is 18.9 Å². The lowest BCUT2D eigenvalue weighted by atomic mass is 9.92. The first kappa shape index (κ1) is 16.4. The van der Waals surface area contributed by atoms with Crippen molar-refractivity contribution >= 4 is 5.82 Å². The Balaban J connectivity index is 1.40. The molecule has 2 unspecified atom stereocenters. The second kappa shape index (κ2) is 6.05. The summed E-state index contributed by atoms with van der Waals surface area (Å²) in [5.41, 5.74) is 2.35. The normalized spacial score (nSPS) is 24.1. The quantitative estimate of drug-likeness (QED) is 0.842. The van der Waals surface area contributed by atoms with E-state index in [1.807, 2.05) is 17.9 Å². The minimum atomic E-state index is 0.0568. The van der Waals surface area contributed by atoms with Gasteiger partial charge in [0.25, 0.3) is 0 Å². The summed E-state index contributed by atoms with van der Waals surface area (Å²) in [6, 6.07) is 2.17. The van der Waals surface area contributed by atoms with Crippen molar-refractivity contribution in [1.82, 2.24) is 29.9 Å². The summed E-state index contributed by atoms with van der Waals surface area (Å²) in [6.45, 7) is 12.0. The predicted molar refractivity (Wildman–Crippen MR) is 96.2 cm³/mol. The summed E-state index contributed by atoms with van der Waals surface area (Å²) < 4.78 is 1.87. The maximum Gasteiger partial charge on any atom is 0.132 e. The van der Waals surface area contributed by atoms with E-state index in [0.29, 0.717) is 11.8 Å². The summed E-state index contributed by atoms with van der Waals surface area (Å²) >= 11 is 0. The average molecular weight is 341 g/mol. The van der Waals surface area contributed by atoms with Crippen molar-refractivity contribution in [2.75, 3.05) is 31.1 Å². The fourth-order valence-electron chi connectivity index (χ4n) is 4.02. The molecule has 2 aromatic rings. The first-order valence-electron chi connectivity index (χ1n) is 9.03. The summed E-state index contributed by atoms with van der Waals surface area (Å²) in [6.07, 6.45) is 3.58. The van der Waals surface area contributed by atoms with E-state index in [0.717, 1.165) is 44.2 Å². The molecule has 2 aliphatic rings. The van der Waals surface area contributed by atoms with Crippen LogP contribution in [0.2, 0.25) is 0 Å². The molecule has 4 rings (SSSR count). The molecule has 0 aromatic carbocycles. The number of anilines is 1. The fraction of sp³-hybridized carbons (Fsp3) is 0.667. The SMILES string of the molecule is Cn1nncc1CN1CC2CN(c3cc(C(C)(C)C)ncn3)CC2C1. The van der Waals surface area contributed by atoms with Crippen LogP contribution in [0, 0.1) is 11.8 Å². The average Bonchev–Trinajstić information content (AvgIpc) is 3.22. The third kappa shape index (κ3) is 3.25.